The van der Waals surface area contributed by atoms with Gasteiger partial charge in [0.05, 0.1) is 7.11 Å². The van der Waals surface area contributed by atoms with Crippen LogP contribution in [-0.4, -0.2) is 12.4 Å². The number of hydrogen-bond acceptors (Lipinski definition) is 3. The van der Waals surface area contributed by atoms with Gasteiger partial charge in [0.15, 0.2) is 5.75 Å². The Morgan fingerprint density at radius 2 is 1.57 bits per heavy atom. The van der Waals surface area contributed by atoms with Crippen molar-refractivity contribution in [1.29, 1.82) is 0 Å². The van der Waals surface area contributed by atoms with Gasteiger partial charge in [-0.25, -0.2) is 5.26 Å². The van der Waals surface area contributed by atoms with Crippen LogP contribution in [0.4, 0.5) is 0 Å². The minimum absolute atomic E-state index is 0.422. The van der Waals surface area contributed by atoms with E-state index in [1.807, 2.05) is 24.3 Å². The fraction of sp³-hybridized carbons (Fsp3) is 0.0909. The number of fused-ring (bicyclic) bond motifs is 1. The molecule has 0 aliphatic heterocycles. The van der Waals surface area contributed by atoms with E-state index in [9.17, 15) is 0 Å². The highest BCUT2D eigenvalue weighted by Crippen LogP contribution is 2.24. The van der Waals surface area contributed by atoms with Crippen LogP contribution >= 0.6 is 0 Å². The van der Waals surface area contributed by atoms with Gasteiger partial charge in [-0.05, 0) is 35.0 Å². The molecule has 72 valence electrons. The first-order valence-corrected chi connectivity index (χ1v) is 4.23. The second kappa shape index (κ2) is 3.55. The summed E-state index contributed by atoms with van der Waals surface area (Å²) in [5.41, 5.74) is 0. The first-order chi connectivity index (χ1) is 6.83. The van der Waals surface area contributed by atoms with Crippen molar-refractivity contribution in [3.8, 4) is 11.5 Å². The number of benzene rings is 2. The summed E-state index contributed by atoms with van der Waals surface area (Å²) in [5.74, 6) is 1.21. The molecule has 0 spiro atoms. The number of hydrogen-bond donors (Lipinski definition) is 1. The summed E-state index contributed by atoms with van der Waals surface area (Å²) in [4.78, 5) is 4.15. The van der Waals surface area contributed by atoms with Gasteiger partial charge in [-0.15, -0.1) is 0 Å². The second-order valence-electron chi connectivity index (χ2n) is 2.97. The zero-order chi connectivity index (χ0) is 9.97. The minimum Gasteiger partial charge on any atom is -0.497 e. The minimum atomic E-state index is 0.422. The van der Waals surface area contributed by atoms with Crippen molar-refractivity contribution in [3.05, 3.63) is 36.4 Å². The third-order valence-electron chi connectivity index (χ3n) is 2.12. The van der Waals surface area contributed by atoms with Crippen LogP contribution in [0.1, 0.15) is 0 Å². The molecule has 2 rings (SSSR count). The molecule has 2 aromatic carbocycles. The van der Waals surface area contributed by atoms with E-state index in [1.54, 1.807) is 19.2 Å². The van der Waals surface area contributed by atoms with Crippen LogP contribution in [0.5, 0.6) is 11.5 Å². The Kier molecular flexibility index (Phi) is 2.24. The predicted molar refractivity (Wildman–Crippen MR) is 53.8 cm³/mol. The standard InChI is InChI=1S/C11H10O3/c1-13-10-4-2-8-3-5-11(14-12)7-9(8)6-10/h2-7,12H,1H3. The monoisotopic (exact) mass is 190 g/mol. The van der Waals surface area contributed by atoms with Crippen molar-refractivity contribution in [3.63, 3.8) is 0 Å². The van der Waals surface area contributed by atoms with Gasteiger partial charge in [0, 0.05) is 0 Å². The van der Waals surface area contributed by atoms with Gasteiger partial charge in [0.25, 0.3) is 0 Å². The van der Waals surface area contributed by atoms with E-state index in [1.165, 1.54) is 0 Å². The first-order valence-electron chi connectivity index (χ1n) is 4.23. The maximum Gasteiger partial charge on any atom is 0.165 e. The molecule has 0 atom stereocenters. The summed E-state index contributed by atoms with van der Waals surface area (Å²) < 4.78 is 5.09. The highest BCUT2D eigenvalue weighted by Gasteiger charge is 1.98. The molecule has 0 unspecified atom stereocenters. The van der Waals surface area contributed by atoms with Crippen molar-refractivity contribution in [2.24, 2.45) is 0 Å². The number of ether oxygens (including phenoxy) is 1. The number of rotatable bonds is 2. The fourth-order valence-electron chi connectivity index (χ4n) is 1.39. The van der Waals surface area contributed by atoms with Crippen molar-refractivity contribution < 1.29 is 14.9 Å². The van der Waals surface area contributed by atoms with E-state index >= 15 is 0 Å². The zero-order valence-corrected chi connectivity index (χ0v) is 7.73. The third-order valence-corrected chi connectivity index (χ3v) is 2.12. The van der Waals surface area contributed by atoms with Gasteiger partial charge < -0.3 is 9.62 Å². The highest BCUT2D eigenvalue weighted by molar-refractivity contribution is 5.85. The van der Waals surface area contributed by atoms with Crippen molar-refractivity contribution in [2.75, 3.05) is 7.11 Å². The van der Waals surface area contributed by atoms with E-state index in [-0.39, 0.29) is 0 Å². The van der Waals surface area contributed by atoms with E-state index in [2.05, 4.69) is 4.89 Å². The normalized spacial score (nSPS) is 10.1. The predicted octanol–water partition coefficient (Wildman–Crippen LogP) is 2.70. The number of methoxy groups -OCH3 is 1. The van der Waals surface area contributed by atoms with Gasteiger partial charge in [-0.1, -0.05) is 12.1 Å². The topological polar surface area (TPSA) is 38.7 Å². The molecule has 14 heavy (non-hydrogen) atoms. The molecule has 2 aromatic rings. The van der Waals surface area contributed by atoms with Crippen molar-refractivity contribution >= 4 is 10.8 Å². The average Bonchev–Trinajstić information content (AvgIpc) is 2.27. The summed E-state index contributed by atoms with van der Waals surface area (Å²) in [6.45, 7) is 0. The van der Waals surface area contributed by atoms with Gasteiger partial charge >= 0.3 is 0 Å². The maximum atomic E-state index is 8.49. The molecule has 0 saturated carbocycles. The second-order valence-corrected chi connectivity index (χ2v) is 2.97. The van der Waals surface area contributed by atoms with Crippen LogP contribution in [0.25, 0.3) is 10.8 Å². The molecule has 3 heteroatoms. The van der Waals surface area contributed by atoms with Crippen LogP contribution in [-0.2, 0) is 0 Å². The first kappa shape index (κ1) is 8.84. The molecule has 0 bridgehead atoms. The average molecular weight is 190 g/mol. The lowest BCUT2D eigenvalue weighted by molar-refractivity contribution is -0.137. The molecular weight excluding hydrogens is 180 g/mol. The molecule has 0 radical (unpaired) electrons. The fourth-order valence-corrected chi connectivity index (χ4v) is 1.39. The zero-order valence-electron chi connectivity index (χ0n) is 7.73. The van der Waals surface area contributed by atoms with Gasteiger partial charge in [0.1, 0.15) is 5.75 Å². The van der Waals surface area contributed by atoms with E-state index < -0.39 is 0 Å². The van der Waals surface area contributed by atoms with Crippen LogP contribution in [0.3, 0.4) is 0 Å². The Balaban J connectivity index is 2.60. The van der Waals surface area contributed by atoms with Crippen LogP contribution in [0.2, 0.25) is 0 Å². The molecule has 0 aliphatic carbocycles. The maximum absolute atomic E-state index is 8.49. The van der Waals surface area contributed by atoms with E-state index in [0.29, 0.717) is 5.75 Å². The molecule has 0 aliphatic rings. The van der Waals surface area contributed by atoms with E-state index in [0.717, 1.165) is 16.5 Å². The molecule has 1 N–H and O–H groups in total. The summed E-state index contributed by atoms with van der Waals surface area (Å²) >= 11 is 0. The van der Waals surface area contributed by atoms with E-state index in [4.69, 9.17) is 9.99 Å². The van der Waals surface area contributed by atoms with Crippen LogP contribution in [0, 0.1) is 0 Å². The Morgan fingerprint density at radius 3 is 2.21 bits per heavy atom. The summed E-state index contributed by atoms with van der Waals surface area (Å²) in [6.07, 6.45) is 0. The molecule has 0 fully saturated rings. The Morgan fingerprint density at radius 1 is 0.929 bits per heavy atom. The summed E-state index contributed by atoms with van der Waals surface area (Å²) in [7, 11) is 1.62. The van der Waals surface area contributed by atoms with Gasteiger partial charge in [-0.2, -0.15) is 0 Å². The smallest absolute Gasteiger partial charge is 0.165 e. The molecule has 3 nitrogen and oxygen atoms in total. The molecule has 0 amide bonds. The van der Waals surface area contributed by atoms with Crippen molar-refractivity contribution in [1.82, 2.24) is 0 Å². The van der Waals surface area contributed by atoms with Crippen molar-refractivity contribution in [2.45, 2.75) is 0 Å². The Labute approximate surface area is 81.4 Å². The summed E-state index contributed by atoms with van der Waals surface area (Å²) in [6, 6.07) is 11.1. The third kappa shape index (κ3) is 1.49. The van der Waals surface area contributed by atoms with Gasteiger partial charge in [-0.3, -0.25) is 0 Å². The van der Waals surface area contributed by atoms with Crippen LogP contribution in [0.15, 0.2) is 36.4 Å². The van der Waals surface area contributed by atoms with Gasteiger partial charge in [0.2, 0.25) is 0 Å². The quantitative estimate of drug-likeness (QED) is 0.584. The molecule has 0 saturated heterocycles. The summed E-state index contributed by atoms with van der Waals surface area (Å²) in [5, 5.41) is 10.5. The Hall–Kier alpha value is -1.74. The molecule has 0 aromatic heterocycles. The Bertz CT molecular complexity index is 412. The highest BCUT2D eigenvalue weighted by atomic mass is 17.1. The molecular formula is C11H10O3. The lowest BCUT2D eigenvalue weighted by atomic mass is 10.1. The lowest BCUT2D eigenvalue weighted by Crippen LogP contribution is -1.85. The lowest BCUT2D eigenvalue weighted by Gasteiger charge is -2.03. The van der Waals surface area contributed by atoms with Crippen LogP contribution < -0.4 is 9.62 Å². The molecule has 0 heterocycles. The largest absolute Gasteiger partial charge is 0.497 e. The SMILES string of the molecule is COc1ccc2ccc(OO)cc2c1.